The summed E-state index contributed by atoms with van der Waals surface area (Å²) < 4.78 is 5.87. The number of imide groups is 1. The summed E-state index contributed by atoms with van der Waals surface area (Å²) in [6.45, 7) is 0. The molecule has 2 N–H and O–H groups in total. The normalized spacial score (nSPS) is 24.2. The lowest BCUT2D eigenvalue weighted by Crippen LogP contribution is -2.43. The molecule has 1 heterocycles. The summed E-state index contributed by atoms with van der Waals surface area (Å²) in [4.78, 5) is 24.5. The molecule has 1 aliphatic heterocycles. The third-order valence-corrected chi connectivity index (χ3v) is 4.71. The zero-order valence-electron chi connectivity index (χ0n) is 12.3. The van der Waals surface area contributed by atoms with Gasteiger partial charge >= 0.3 is 6.03 Å². The van der Waals surface area contributed by atoms with Crippen LogP contribution in [0.1, 0.15) is 24.0 Å². The maximum atomic E-state index is 12.6. The molecule has 1 unspecified atom stereocenters. The average molecular weight is 306 g/mol. The van der Waals surface area contributed by atoms with Gasteiger partial charge in [-0.3, -0.25) is 10.1 Å². The Morgan fingerprint density at radius 3 is 2.52 bits per heavy atom. The fourth-order valence-electron chi connectivity index (χ4n) is 3.54. The first-order chi connectivity index (χ1) is 11.2. The second-order valence-corrected chi connectivity index (χ2v) is 6.23. The number of rotatable bonds is 2. The number of carbonyl (C=O) groups is 2. The molecule has 5 nitrogen and oxygen atoms in total. The second kappa shape index (κ2) is 4.13. The lowest BCUT2D eigenvalue weighted by Gasteiger charge is -2.23. The number of hydrogen-bond acceptors (Lipinski definition) is 3. The molecule has 1 atom stereocenters. The summed E-state index contributed by atoms with van der Waals surface area (Å²) >= 11 is 0. The molecule has 3 aliphatic rings. The molecule has 2 aromatic rings. The van der Waals surface area contributed by atoms with E-state index in [1.165, 1.54) is 0 Å². The third kappa shape index (κ3) is 1.62. The maximum Gasteiger partial charge on any atom is 0.322 e. The minimum atomic E-state index is -1.15. The molecule has 0 aromatic heterocycles. The van der Waals surface area contributed by atoms with Gasteiger partial charge in [0.2, 0.25) is 0 Å². The van der Waals surface area contributed by atoms with Crippen molar-refractivity contribution in [3.05, 3.63) is 53.6 Å². The number of ether oxygens (including phenoxy) is 1. The molecule has 23 heavy (non-hydrogen) atoms. The number of nitrogens with one attached hydrogen (secondary N) is 2. The van der Waals surface area contributed by atoms with Gasteiger partial charge in [0.1, 0.15) is 5.75 Å². The number of benzene rings is 2. The molecule has 2 aliphatic carbocycles. The molecule has 1 spiro atoms. The van der Waals surface area contributed by atoms with E-state index in [0.717, 1.165) is 40.8 Å². The van der Waals surface area contributed by atoms with E-state index < -0.39 is 11.6 Å². The van der Waals surface area contributed by atoms with Crippen LogP contribution in [-0.4, -0.2) is 18.0 Å². The Kier molecular flexibility index (Phi) is 2.28. The van der Waals surface area contributed by atoms with Crippen LogP contribution < -0.4 is 15.4 Å². The van der Waals surface area contributed by atoms with Crippen molar-refractivity contribution < 1.29 is 14.3 Å². The molecule has 2 fully saturated rings. The van der Waals surface area contributed by atoms with Crippen LogP contribution in [0.25, 0.3) is 11.1 Å². The summed E-state index contributed by atoms with van der Waals surface area (Å²) in [5.74, 6) is 0.407. The minimum absolute atomic E-state index is 0.278. The van der Waals surface area contributed by atoms with Crippen LogP contribution in [0.4, 0.5) is 4.79 Å². The van der Waals surface area contributed by atoms with Crippen molar-refractivity contribution in [1.82, 2.24) is 10.6 Å². The van der Waals surface area contributed by atoms with Crippen LogP contribution >= 0.6 is 0 Å². The number of urea groups is 1. The predicted molar refractivity (Wildman–Crippen MR) is 83.0 cm³/mol. The average Bonchev–Trinajstić information content (AvgIpc) is 3.25. The van der Waals surface area contributed by atoms with Crippen molar-refractivity contribution in [3.63, 3.8) is 0 Å². The van der Waals surface area contributed by atoms with Crippen LogP contribution in [-0.2, 0) is 10.3 Å². The topological polar surface area (TPSA) is 67.4 Å². The highest BCUT2D eigenvalue weighted by atomic mass is 16.5. The Hall–Kier alpha value is -2.82. The first-order valence-corrected chi connectivity index (χ1v) is 7.73. The van der Waals surface area contributed by atoms with Crippen molar-refractivity contribution in [2.45, 2.75) is 24.5 Å². The van der Waals surface area contributed by atoms with Crippen molar-refractivity contribution in [3.8, 4) is 16.9 Å². The molecule has 3 amide bonds. The van der Waals surface area contributed by atoms with Crippen molar-refractivity contribution in [1.29, 1.82) is 0 Å². The first-order valence-electron chi connectivity index (χ1n) is 7.73. The summed E-state index contributed by atoms with van der Waals surface area (Å²) in [6.07, 6.45) is 2.42. The Bertz CT molecular complexity index is 872. The number of hydrogen-bond donors (Lipinski definition) is 2. The van der Waals surface area contributed by atoms with Crippen LogP contribution in [0, 0.1) is 0 Å². The molecule has 1 saturated heterocycles. The van der Waals surface area contributed by atoms with E-state index >= 15 is 0 Å². The van der Waals surface area contributed by atoms with E-state index in [4.69, 9.17) is 4.74 Å². The van der Waals surface area contributed by atoms with Gasteiger partial charge in [0.15, 0.2) is 5.54 Å². The molecule has 1 saturated carbocycles. The van der Waals surface area contributed by atoms with Crippen molar-refractivity contribution in [2.24, 2.45) is 0 Å². The predicted octanol–water partition coefficient (Wildman–Crippen LogP) is 2.29. The van der Waals surface area contributed by atoms with E-state index in [1.54, 1.807) is 0 Å². The summed E-state index contributed by atoms with van der Waals surface area (Å²) in [5.41, 5.74) is 2.37. The first kappa shape index (κ1) is 12.7. The van der Waals surface area contributed by atoms with Crippen LogP contribution in [0.2, 0.25) is 0 Å². The van der Waals surface area contributed by atoms with Crippen LogP contribution in [0.3, 0.4) is 0 Å². The third-order valence-electron chi connectivity index (χ3n) is 4.71. The summed E-state index contributed by atoms with van der Waals surface area (Å²) in [7, 11) is 0. The Morgan fingerprint density at radius 2 is 1.78 bits per heavy atom. The highest BCUT2D eigenvalue weighted by Gasteiger charge is 2.54. The largest absolute Gasteiger partial charge is 0.490 e. The molecule has 0 bridgehead atoms. The van der Waals surface area contributed by atoms with Gasteiger partial charge in [-0.05, 0) is 41.7 Å². The number of amides is 3. The second-order valence-electron chi connectivity index (χ2n) is 6.23. The van der Waals surface area contributed by atoms with Gasteiger partial charge in [0, 0.05) is 5.56 Å². The zero-order chi connectivity index (χ0) is 15.6. The van der Waals surface area contributed by atoms with Crippen LogP contribution in [0.5, 0.6) is 5.75 Å². The molecule has 0 radical (unpaired) electrons. The summed E-state index contributed by atoms with van der Waals surface area (Å²) in [5, 5.41) is 5.21. The van der Waals surface area contributed by atoms with Crippen LogP contribution in [0.15, 0.2) is 42.5 Å². The Morgan fingerprint density at radius 1 is 1.00 bits per heavy atom. The van der Waals surface area contributed by atoms with Crippen molar-refractivity contribution in [2.75, 3.05) is 0 Å². The van der Waals surface area contributed by atoms with Gasteiger partial charge in [-0.2, -0.15) is 0 Å². The van der Waals surface area contributed by atoms with E-state index in [0.29, 0.717) is 0 Å². The van der Waals surface area contributed by atoms with E-state index in [1.807, 2.05) is 42.5 Å². The van der Waals surface area contributed by atoms with E-state index in [2.05, 4.69) is 10.6 Å². The fourth-order valence-corrected chi connectivity index (χ4v) is 3.54. The van der Waals surface area contributed by atoms with Gasteiger partial charge in [-0.1, -0.05) is 30.3 Å². The lowest BCUT2D eigenvalue weighted by molar-refractivity contribution is -0.122. The highest BCUT2D eigenvalue weighted by molar-refractivity contribution is 6.13. The summed E-state index contributed by atoms with van der Waals surface area (Å²) in [6, 6.07) is 13.0. The minimum Gasteiger partial charge on any atom is -0.490 e. The number of fused-ring (bicyclic) bond motifs is 5. The molecule has 5 heteroatoms. The Balaban J connectivity index is 1.75. The molecule has 114 valence electrons. The fraction of sp³-hybridized carbons (Fsp3) is 0.222. The van der Waals surface area contributed by atoms with Gasteiger partial charge < -0.3 is 10.1 Å². The molecular formula is C18H14N2O3. The SMILES string of the molecule is O=C1NC(=O)C2(N1)c1ccccc1-c1ccc(OC3CC3)cc12. The van der Waals surface area contributed by atoms with Gasteiger partial charge in [-0.25, -0.2) is 4.79 Å². The van der Waals surface area contributed by atoms with Gasteiger partial charge in [-0.15, -0.1) is 0 Å². The number of carbonyl (C=O) groups excluding carboxylic acids is 2. The van der Waals surface area contributed by atoms with Crippen molar-refractivity contribution >= 4 is 11.9 Å². The Labute approximate surface area is 132 Å². The van der Waals surface area contributed by atoms with Gasteiger partial charge in [0.05, 0.1) is 6.10 Å². The lowest BCUT2D eigenvalue weighted by atomic mass is 9.87. The maximum absolute atomic E-state index is 12.6. The highest BCUT2D eigenvalue weighted by Crippen LogP contribution is 2.50. The van der Waals surface area contributed by atoms with Gasteiger partial charge in [0.25, 0.3) is 5.91 Å². The smallest absolute Gasteiger partial charge is 0.322 e. The van der Waals surface area contributed by atoms with E-state index in [-0.39, 0.29) is 12.0 Å². The molecule has 5 rings (SSSR count). The molecular weight excluding hydrogens is 292 g/mol. The zero-order valence-corrected chi connectivity index (χ0v) is 12.3. The van der Waals surface area contributed by atoms with E-state index in [9.17, 15) is 9.59 Å². The monoisotopic (exact) mass is 306 g/mol. The quantitative estimate of drug-likeness (QED) is 0.837. The molecule has 2 aromatic carbocycles. The standard InChI is InChI=1S/C18H14N2O3/c21-16-18(20-17(22)19-16)14-4-2-1-3-12(14)13-8-7-11(9-15(13)18)23-10-5-6-10/h1-4,7-10H,5-6H2,(H2,19,20,21,22).